The number of aryl methyl sites for hydroxylation is 1. The first kappa shape index (κ1) is 19.1. The van der Waals surface area contributed by atoms with E-state index in [1.54, 1.807) is 12.1 Å². The molecule has 1 saturated carbocycles. The summed E-state index contributed by atoms with van der Waals surface area (Å²) in [5.41, 5.74) is 3.68. The highest BCUT2D eigenvalue weighted by molar-refractivity contribution is 5.87. The molecule has 29 heavy (non-hydrogen) atoms. The van der Waals surface area contributed by atoms with E-state index in [0.717, 1.165) is 47.3 Å². The highest BCUT2D eigenvalue weighted by Crippen LogP contribution is 2.33. The standard InChI is InChI=1S/C25H25NO3/c1-18-4-2-3-5-24(18)29-23-14-12-22(13-15-23)26(16-19-6-7-19)17-20-8-10-21(11-9-20)25(27)28/h2-5,8-15,19H,6-7,16-17H2,1H3,(H,27,28). The van der Waals surface area contributed by atoms with Gasteiger partial charge in [-0.25, -0.2) is 4.79 Å². The number of rotatable bonds is 8. The molecule has 1 aliphatic carbocycles. The van der Waals surface area contributed by atoms with Crippen LogP contribution in [-0.2, 0) is 6.54 Å². The maximum absolute atomic E-state index is 11.1. The molecular formula is C25H25NO3. The summed E-state index contributed by atoms with van der Waals surface area (Å²) in [6.45, 7) is 3.81. The number of para-hydroxylation sites is 1. The number of hydrogen-bond acceptors (Lipinski definition) is 3. The van der Waals surface area contributed by atoms with Crippen molar-refractivity contribution in [3.8, 4) is 11.5 Å². The number of ether oxygens (including phenoxy) is 1. The summed E-state index contributed by atoms with van der Waals surface area (Å²) in [5.74, 6) is 1.54. The molecule has 0 aliphatic heterocycles. The molecule has 0 unspecified atom stereocenters. The van der Waals surface area contributed by atoms with Crippen LogP contribution in [0.15, 0.2) is 72.8 Å². The fourth-order valence-electron chi connectivity index (χ4n) is 3.37. The van der Waals surface area contributed by atoms with Gasteiger partial charge in [0.2, 0.25) is 0 Å². The molecule has 0 saturated heterocycles. The Hall–Kier alpha value is -3.27. The van der Waals surface area contributed by atoms with E-state index in [0.29, 0.717) is 5.56 Å². The first-order valence-electron chi connectivity index (χ1n) is 9.99. The molecule has 148 valence electrons. The quantitative estimate of drug-likeness (QED) is 0.523. The normalized spacial score (nSPS) is 13.1. The van der Waals surface area contributed by atoms with E-state index in [4.69, 9.17) is 9.84 Å². The van der Waals surface area contributed by atoms with Crippen LogP contribution in [0.1, 0.15) is 34.3 Å². The zero-order valence-corrected chi connectivity index (χ0v) is 16.5. The number of hydrogen-bond donors (Lipinski definition) is 1. The number of anilines is 1. The van der Waals surface area contributed by atoms with Gasteiger partial charge in [0.1, 0.15) is 11.5 Å². The molecule has 0 spiro atoms. The third kappa shape index (κ3) is 4.96. The van der Waals surface area contributed by atoms with Crippen molar-refractivity contribution in [2.45, 2.75) is 26.3 Å². The predicted octanol–water partition coefficient (Wildman–Crippen LogP) is 5.90. The fraction of sp³-hybridized carbons (Fsp3) is 0.240. The number of carboxylic acid groups (broad SMARTS) is 1. The van der Waals surface area contributed by atoms with Crippen molar-refractivity contribution < 1.29 is 14.6 Å². The van der Waals surface area contributed by atoms with Crippen molar-refractivity contribution in [3.05, 3.63) is 89.5 Å². The van der Waals surface area contributed by atoms with Crippen LogP contribution >= 0.6 is 0 Å². The average Bonchev–Trinajstić information content (AvgIpc) is 3.54. The van der Waals surface area contributed by atoms with Crippen molar-refractivity contribution in [1.82, 2.24) is 0 Å². The van der Waals surface area contributed by atoms with Crippen molar-refractivity contribution in [3.63, 3.8) is 0 Å². The van der Waals surface area contributed by atoms with Crippen LogP contribution in [0.2, 0.25) is 0 Å². The van der Waals surface area contributed by atoms with Crippen molar-refractivity contribution in [1.29, 1.82) is 0 Å². The van der Waals surface area contributed by atoms with Crippen LogP contribution in [0, 0.1) is 12.8 Å². The van der Waals surface area contributed by atoms with Gasteiger partial charge in [-0.2, -0.15) is 0 Å². The number of aromatic carboxylic acids is 1. The van der Waals surface area contributed by atoms with Crippen molar-refractivity contribution in [2.75, 3.05) is 11.4 Å². The van der Waals surface area contributed by atoms with Crippen LogP contribution < -0.4 is 9.64 Å². The predicted molar refractivity (Wildman–Crippen MR) is 115 cm³/mol. The second kappa shape index (κ2) is 8.39. The van der Waals surface area contributed by atoms with Gasteiger partial charge in [0.25, 0.3) is 0 Å². The van der Waals surface area contributed by atoms with Gasteiger partial charge in [0.05, 0.1) is 5.56 Å². The largest absolute Gasteiger partial charge is 0.478 e. The fourth-order valence-corrected chi connectivity index (χ4v) is 3.37. The van der Waals surface area contributed by atoms with Crippen LogP contribution in [0.25, 0.3) is 0 Å². The van der Waals surface area contributed by atoms with Gasteiger partial charge >= 0.3 is 5.97 Å². The second-order valence-electron chi connectivity index (χ2n) is 7.69. The molecule has 0 heterocycles. The lowest BCUT2D eigenvalue weighted by Gasteiger charge is -2.25. The Morgan fingerprint density at radius 3 is 2.31 bits per heavy atom. The molecule has 0 atom stereocenters. The Bertz CT molecular complexity index is 976. The van der Waals surface area contributed by atoms with Crippen molar-refractivity contribution in [2.24, 2.45) is 5.92 Å². The number of carboxylic acids is 1. The molecule has 0 radical (unpaired) electrons. The lowest BCUT2D eigenvalue weighted by molar-refractivity contribution is 0.0697. The van der Waals surface area contributed by atoms with E-state index < -0.39 is 5.97 Å². The summed E-state index contributed by atoms with van der Waals surface area (Å²) < 4.78 is 6.02. The highest BCUT2D eigenvalue weighted by Gasteiger charge is 2.24. The van der Waals surface area contributed by atoms with Crippen LogP contribution in [0.5, 0.6) is 11.5 Å². The van der Waals surface area contributed by atoms with Gasteiger partial charge in [-0.05, 0) is 79.3 Å². The first-order chi connectivity index (χ1) is 14.1. The summed E-state index contributed by atoms with van der Waals surface area (Å²) >= 11 is 0. The van der Waals surface area contributed by atoms with Gasteiger partial charge in [0, 0.05) is 18.8 Å². The summed E-state index contributed by atoms with van der Waals surface area (Å²) in [6.07, 6.45) is 2.56. The molecule has 0 amide bonds. The van der Waals surface area contributed by atoms with Crippen LogP contribution in [0.4, 0.5) is 5.69 Å². The molecule has 1 aliphatic rings. The second-order valence-corrected chi connectivity index (χ2v) is 7.69. The lowest BCUT2D eigenvalue weighted by atomic mass is 10.1. The SMILES string of the molecule is Cc1ccccc1Oc1ccc(N(Cc2ccc(C(=O)O)cc2)CC2CC2)cc1. The van der Waals surface area contributed by atoms with Crippen LogP contribution in [0.3, 0.4) is 0 Å². The third-order valence-corrected chi connectivity index (χ3v) is 5.27. The lowest BCUT2D eigenvalue weighted by Crippen LogP contribution is -2.25. The van der Waals surface area contributed by atoms with E-state index in [-0.39, 0.29) is 0 Å². The maximum atomic E-state index is 11.1. The van der Waals surface area contributed by atoms with Gasteiger partial charge in [-0.15, -0.1) is 0 Å². The highest BCUT2D eigenvalue weighted by atomic mass is 16.5. The average molecular weight is 387 g/mol. The van der Waals surface area contributed by atoms with Gasteiger partial charge in [0.15, 0.2) is 0 Å². The van der Waals surface area contributed by atoms with E-state index in [1.165, 1.54) is 12.8 Å². The zero-order valence-electron chi connectivity index (χ0n) is 16.5. The minimum atomic E-state index is -0.893. The van der Waals surface area contributed by atoms with E-state index >= 15 is 0 Å². The minimum Gasteiger partial charge on any atom is -0.478 e. The summed E-state index contributed by atoms with van der Waals surface area (Å²) in [4.78, 5) is 13.4. The first-order valence-corrected chi connectivity index (χ1v) is 9.99. The number of nitrogens with zero attached hydrogens (tertiary/aromatic N) is 1. The molecule has 0 aromatic heterocycles. The molecule has 4 rings (SSSR count). The zero-order chi connectivity index (χ0) is 20.2. The Balaban J connectivity index is 1.49. The minimum absolute atomic E-state index is 0.320. The number of benzene rings is 3. The van der Waals surface area contributed by atoms with Crippen molar-refractivity contribution >= 4 is 11.7 Å². The Labute approximate surface area is 171 Å². The summed E-state index contributed by atoms with van der Waals surface area (Å²) in [5, 5.41) is 9.09. The Kier molecular flexibility index (Phi) is 5.52. The molecule has 0 bridgehead atoms. The van der Waals surface area contributed by atoms with Gasteiger partial charge in [-0.3, -0.25) is 0 Å². The maximum Gasteiger partial charge on any atom is 0.335 e. The topological polar surface area (TPSA) is 49.8 Å². The summed E-state index contributed by atoms with van der Waals surface area (Å²) in [7, 11) is 0. The monoisotopic (exact) mass is 387 g/mol. The van der Waals surface area contributed by atoms with Crippen LogP contribution in [-0.4, -0.2) is 17.6 Å². The molecule has 1 fully saturated rings. The molecule has 3 aromatic rings. The molecule has 3 aromatic carbocycles. The van der Waals surface area contributed by atoms with E-state index in [2.05, 4.69) is 17.0 Å². The van der Waals surface area contributed by atoms with E-state index in [1.807, 2.05) is 55.5 Å². The molecule has 4 nitrogen and oxygen atoms in total. The van der Waals surface area contributed by atoms with E-state index in [9.17, 15) is 4.79 Å². The Morgan fingerprint density at radius 1 is 1.00 bits per heavy atom. The van der Waals surface area contributed by atoms with Gasteiger partial charge in [-0.1, -0.05) is 30.3 Å². The molecule has 4 heteroatoms. The molecular weight excluding hydrogens is 362 g/mol. The smallest absolute Gasteiger partial charge is 0.335 e. The van der Waals surface area contributed by atoms with Gasteiger partial charge < -0.3 is 14.7 Å². The Morgan fingerprint density at radius 2 is 1.69 bits per heavy atom. The summed E-state index contributed by atoms with van der Waals surface area (Å²) in [6, 6.07) is 23.4. The number of carbonyl (C=O) groups is 1. The molecule has 1 N–H and O–H groups in total. The third-order valence-electron chi connectivity index (χ3n) is 5.27.